The zero-order valence-electron chi connectivity index (χ0n) is 15.3. The van der Waals surface area contributed by atoms with Gasteiger partial charge < -0.3 is 19.9 Å². The van der Waals surface area contributed by atoms with E-state index in [9.17, 15) is 23.5 Å². The lowest BCUT2D eigenvalue weighted by molar-refractivity contribution is -0.173. The number of nitrogens with one attached hydrogen (secondary N) is 1. The number of hydrogen-bond acceptors (Lipinski definition) is 5. The van der Waals surface area contributed by atoms with Gasteiger partial charge in [-0.25, -0.2) is 18.4 Å². The van der Waals surface area contributed by atoms with Crippen LogP contribution in [0.3, 0.4) is 0 Å². The minimum atomic E-state index is -3.59. The Bertz CT molecular complexity index is 601. The molecule has 0 fully saturated rings. The third-order valence-corrected chi connectivity index (χ3v) is 3.37. The third-order valence-electron chi connectivity index (χ3n) is 3.37. The number of benzene rings is 1. The van der Waals surface area contributed by atoms with E-state index in [1.54, 1.807) is 51.1 Å². The molecule has 0 saturated carbocycles. The van der Waals surface area contributed by atoms with Crippen molar-refractivity contribution in [2.24, 2.45) is 0 Å². The van der Waals surface area contributed by atoms with Gasteiger partial charge in [0, 0.05) is 6.42 Å². The number of carbonyl (C=O) groups excluding carboxylic acids is 2. The lowest BCUT2D eigenvalue weighted by Gasteiger charge is -2.30. The summed E-state index contributed by atoms with van der Waals surface area (Å²) in [7, 11) is 0. The van der Waals surface area contributed by atoms with Crippen LogP contribution in [-0.4, -0.2) is 40.8 Å². The van der Waals surface area contributed by atoms with E-state index < -0.39 is 42.2 Å². The molecule has 0 aliphatic rings. The zero-order valence-corrected chi connectivity index (χ0v) is 15.3. The van der Waals surface area contributed by atoms with E-state index in [-0.39, 0.29) is 6.61 Å². The summed E-state index contributed by atoms with van der Waals surface area (Å²) in [6, 6.07) is 6.72. The SMILES string of the molecule is CCC(F)(F)C(O)C(NC(=O)OCc1ccccc1)C(=O)OC(C)(C)C. The minimum absolute atomic E-state index is 0.117. The number of carbonyl (C=O) groups is 2. The van der Waals surface area contributed by atoms with Gasteiger partial charge in [-0.1, -0.05) is 37.3 Å². The molecule has 2 atom stereocenters. The Morgan fingerprint density at radius 3 is 2.27 bits per heavy atom. The maximum absolute atomic E-state index is 13.8. The largest absolute Gasteiger partial charge is 0.458 e. The van der Waals surface area contributed by atoms with Crippen LogP contribution in [0.2, 0.25) is 0 Å². The van der Waals surface area contributed by atoms with Gasteiger partial charge in [0.15, 0.2) is 6.04 Å². The van der Waals surface area contributed by atoms with Crippen LogP contribution >= 0.6 is 0 Å². The van der Waals surface area contributed by atoms with E-state index in [1.807, 2.05) is 5.32 Å². The summed E-state index contributed by atoms with van der Waals surface area (Å²) in [4.78, 5) is 24.1. The predicted molar refractivity (Wildman–Crippen MR) is 90.6 cm³/mol. The number of esters is 1. The van der Waals surface area contributed by atoms with Crippen molar-refractivity contribution in [3.63, 3.8) is 0 Å². The van der Waals surface area contributed by atoms with E-state index in [0.29, 0.717) is 5.56 Å². The monoisotopic (exact) mass is 373 g/mol. The second-order valence-corrected chi connectivity index (χ2v) is 6.78. The molecule has 6 nitrogen and oxygen atoms in total. The minimum Gasteiger partial charge on any atom is -0.458 e. The molecule has 1 amide bonds. The summed E-state index contributed by atoms with van der Waals surface area (Å²) in [6.45, 7) is 5.66. The van der Waals surface area contributed by atoms with Crippen molar-refractivity contribution >= 4 is 12.1 Å². The van der Waals surface area contributed by atoms with Crippen molar-refractivity contribution in [3.05, 3.63) is 35.9 Å². The highest BCUT2D eigenvalue weighted by atomic mass is 19.3. The number of alkyl halides is 2. The molecule has 1 aromatic carbocycles. The number of alkyl carbamates (subject to hydrolysis) is 1. The molecule has 0 spiro atoms. The van der Waals surface area contributed by atoms with Gasteiger partial charge in [-0.15, -0.1) is 0 Å². The Morgan fingerprint density at radius 1 is 1.19 bits per heavy atom. The average molecular weight is 373 g/mol. The molecule has 0 radical (unpaired) electrons. The molecule has 1 aromatic rings. The fourth-order valence-corrected chi connectivity index (χ4v) is 1.98. The highest BCUT2D eigenvalue weighted by Crippen LogP contribution is 2.26. The first-order chi connectivity index (χ1) is 12.0. The smallest absolute Gasteiger partial charge is 0.408 e. The van der Waals surface area contributed by atoms with E-state index in [2.05, 4.69) is 0 Å². The lowest BCUT2D eigenvalue weighted by Crippen LogP contribution is -2.56. The van der Waals surface area contributed by atoms with E-state index in [0.717, 1.165) is 6.92 Å². The molecule has 2 N–H and O–H groups in total. The van der Waals surface area contributed by atoms with Crippen LogP contribution in [0.1, 0.15) is 39.7 Å². The summed E-state index contributed by atoms with van der Waals surface area (Å²) in [5.41, 5.74) is -0.303. The standard InChI is InChI=1S/C18H25F2NO5/c1-5-18(19,20)14(22)13(15(23)26-17(2,3)4)21-16(24)25-11-12-9-7-6-8-10-12/h6-10,13-14,22H,5,11H2,1-4H3,(H,21,24). The number of aliphatic hydroxyl groups excluding tert-OH is 1. The third kappa shape index (κ3) is 6.95. The van der Waals surface area contributed by atoms with Crippen LogP contribution in [0.25, 0.3) is 0 Å². The fraction of sp³-hybridized carbons (Fsp3) is 0.556. The molecule has 0 aliphatic heterocycles. The van der Waals surface area contributed by atoms with E-state index in [4.69, 9.17) is 9.47 Å². The van der Waals surface area contributed by atoms with Crippen LogP contribution in [0.4, 0.5) is 13.6 Å². The summed E-state index contributed by atoms with van der Waals surface area (Å²) < 4.78 is 37.6. The second-order valence-electron chi connectivity index (χ2n) is 6.78. The predicted octanol–water partition coefficient (Wildman–Crippen LogP) is 3.03. The molecule has 1 rings (SSSR count). The Kier molecular flexibility index (Phi) is 7.50. The maximum atomic E-state index is 13.8. The van der Waals surface area contributed by atoms with Crippen LogP contribution in [0, 0.1) is 0 Å². The van der Waals surface area contributed by atoms with Crippen LogP contribution in [-0.2, 0) is 20.9 Å². The first kappa shape index (κ1) is 21.8. The van der Waals surface area contributed by atoms with Gasteiger partial charge in [-0.3, -0.25) is 0 Å². The molecule has 146 valence electrons. The van der Waals surface area contributed by atoms with Gasteiger partial charge in [0.1, 0.15) is 18.3 Å². The number of hydrogen-bond donors (Lipinski definition) is 2. The Balaban J connectivity index is 2.83. The second kappa shape index (κ2) is 8.93. The molecule has 8 heteroatoms. The Labute approximate surface area is 151 Å². The number of aliphatic hydroxyl groups is 1. The number of rotatable bonds is 7. The number of halogens is 2. The molecular formula is C18H25F2NO5. The summed E-state index contributed by atoms with van der Waals surface area (Å²) in [6.07, 6.45) is -4.28. The molecule has 2 unspecified atom stereocenters. The van der Waals surface area contributed by atoms with Crippen molar-refractivity contribution in [1.82, 2.24) is 5.32 Å². The molecule has 0 aliphatic carbocycles. The zero-order chi connectivity index (χ0) is 20.0. The van der Waals surface area contributed by atoms with Gasteiger partial charge in [0.25, 0.3) is 5.92 Å². The first-order valence-corrected chi connectivity index (χ1v) is 8.22. The normalized spacial score (nSPS) is 14.3. The molecule has 0 heterocycles. The quantitative estimate of drug-likeness (QED) is 0.718. The van der Waals surface area contributed by atoms with Gasteiger partial charge in [-0.2, -0.15) is 0 Å². The van der Waals surface area contributed by atoms with Crippen molar-refractivity contribution < 1.29 is 33.0 Å². The van der Waals surface area contributed by atoms with Crippen molar-refractivity contribution in [2.45, 2.75) is 64.4 Å². The molecule has 0 aromatic heterocycles. The van der Waals surface area contributed by atoms with Crippen LogP contribution < -0.4 is 5.32 Å². The highest BCUT2D eigenvalue weighted by Gasteiger charge is 2.47. The van der Waals surface area contributed by atoms with Gasteiger partial charge in [0.05, 0.1) is 0 Å². The van der Waals surface area contributed by atoms with Gasteiger partial charge in [-0.05, 0) is 26.3 Å². The van der Waals surface area contributed by atoms with Crippen LogP contribution in [0.15, 0.2) is 30.3 Å². The summed E-state index contributed by atoms with van der Waals surface area (Å²) in [5.74, 6) is -4.76. The first-order valence-electron chi connectivity index (χ1n) is 8.22. The average Bonchev–Trinajstić information content (AvgIpc) is 2.56. The molecule has 0 saturated heterocycles. The maximum Gasteiger partial charge on any atom is 0.408 e. The van der Waals surface area contributed by atoms with Crippen molar-refractivity contribution in [2.75, 3.05) is 0 Å². The van der Waals surface area contributed by atoms with E-state index in [1.165, 1.54) is 0 Å². The molecule has 0 bridgehead atoms. The van der Waals surface area contributed by atoms with Gasteiger partial charge >= 0.3 is 12.1 Å². The highest BCUT2D eigenvalue weighted by molar-refractivity contribution is 5.82. The van der Waals surface area contributed by atoms with Crippen LogP contribution in [0.5, 0.6) is 0 Å². The van der Waals surface area contributed by atoms with Crippen molar-refractivity contribution in [3.8, 4) is 0 Å². The summed E-state index contributed by atoms with van der Waals surface area (Å²) in [5, 5.41) is 11.9. The fourth-order valence-electron chi connectivity index (χ4n) is 1.98. The lowest BCUT2D eigenvalue weighted by atomic mass is 10.0. The van der Waals surface area contributed by atoms with E-state index >= 15 is 0 Å². The molecule has 26 heavy (non-hydrogen) atoms. The molecular weight excluding hydrogens is 348 g/mol. The van der Waals surface area contributed by atoms with Gasteiger partial charge in [0.2, 0.25) is 0 Å². The Hall–Kier alpha value is -2.22. The van der Waals surface area contributed by atoms with Crippen molar-refractivity contribution in [1.29, 1.82) is 0 Å². The Morgan fingerprint density at radius 2 is 1.77 bits per heavy atom. The number of amides is 1. The summed E-state index contributed by atoms with van der Waals surface area (Å²) >= 11 is 0. The topological polar surface area (TPSA) is 84.9 Å². The number of ether oxygens (including phenoxy) is 2.